The highest BCUT2D eigenvalue weighted by Crippen LogP contribution is 2.41. The molecular weight excluding hydrogens is 487 g/mol. The Hall–Kier alpha value is -1.94. The van der Waals surface area contributed by atoms with Crippen molar-refractivity contribution >= 4 is 33.5 Å². The molecule has 2 rings (SSSR count). The van der Waals surface area contributed by atoms with Crippen molar-refractivity contribution in [2.24, 2.45) is 5.41 Å². The highest BCUT2D eigenvalue weighted by atomic mass is 35.5. The molecule has 1 aromatic heterocycles. The summed E-state index contributed by atoms with van der Waals surface area (Å²) < 4.78 is 50.5. The fraction of sp³-hybridized carbons (Fsp3) is 0.696. The maximum Gasteiger partial charge on any atom is 0.410 e. The summed E-state index contributed by atoms with van der Waals surface area (Å²) >= 11 is 6.00. The van der Waals surface area contributed by atoms with Crippen LogP contribution < -0.4 is 0 Å². The number of ether oxygens (including phenoxy) is 2. The number of halogens is 2. The van der Waals surface area contributed by atoms with Crippen molar-refractivity contribution in [3.63, 3.8) is 0 Å². The molecule has 1 fully saturated rings. The van der Waals surface area contributed by atoms with E-state index in [9.17, 15) is 18.0 Å². The molecule has 0 unspecified atom stereocenters. The molecule has 2 heterocycles. The Morgan fingerprint density at radius 2 is 1.76 bits per heavy atom. The van der Waals surface area contributed by atoms with E-state index < -0.39 is 55.3 Å². The molecule has 0 spiro atoms. The number of carbonyl (C=O) groups is 2. The van der Waals surface area contributed by atoms with Gasteiger partial charge in [-0.2, -0.15) is 0 Å². The molecule has 0 N–H and O–H groups in total. The molecule has 1 aliphatic heterocycles. The van der Waals surface area contributed by atoms with Crippen molar-refractivity contribution < 1.29 is 31.9 Å². The zero-order valence-corrected chi connectivity index (χ0v) is 22.6. The van der Waals surface area contributed by atoms with Gasteiger partial charge in [-0.3, -0.25) is 4.79 Å². The number of hydrogen-bond donors (Lipinski definition) is 0. The van der Waals surface area contributed by atoms with E-state index in [4.69, 9.17) is 21.1 Å². The van der Waals surface area contributed by atoms with Crippen molar-refractivity contribution in [1.29, 1.82) is 0 Å². The van der Waals surface area contributed by atoms with Crippen LogP contribution in [0.15, 0.2) is 11.0 Å². The number of esters is 1. The van der Waals surface area contributed by atoms with E-state index >= 15 is 4.39 Å². The number of likely N-dealkylation sites (tertiary alicyclic amines) is 1. The molecule has 1 aromatic rings. The minimum atomic E-state index is -3.92. The van der Waals surface area contributed by atoms with E-state index in [1.165, 1.54) is 4.90 Å². The van der Waals surface area contributed by atoms with Crippen molar-refractivity contribution in [1.82, 2.24) is 9.88 Å². The normalized spacial score (nSPS) is 21.8. The highest BCUT2D eigenvalue weighted by molar-refractivity contribution is 7.90. The Morgan fingerprint density at radius 3 is 2.24 bits per heavy atom. The molecule has 1 amide bonds. The molecule has 0 aliphatic carbocycles. The van der Waals surface area contributed by atoms with Gasteiger partial charge < -0.3 is 14.4 Å². The van der Waals surface area contributed by atoms with Gasteiger partial charge in [-0.25, -0.2) is 22.6 Å². The Balaban J connectivity index is 2.48. The average Bonchev–Trinajstić information content (AvgIpc) is 2.60. The number of amides is 1. The minimum absolute atomic E-state index is 0.142. The van der Waals surface area contributed by atoms with E-state index in [1.807, 2.05) is 0 Å². The number of sulfone groups is 1. The van der Waals surface area contributed by atoms with Crippen molar-refractivity contribution in [2.75, 3.05) is 12.8 Å². The fourth-order valence-corrected chi connectivity index (χ4v) is 5.01. The topological polar surface area (TPSA) is 103 Å². The molecule has 8 nitrogen and oxygen atoms in total. The van der Waals surface area contributed by atoms with Gasteiger partial charge in [0, 0.05) is 25.3 Å². The largest absolute Gasteiger partial charge is 0.460 e. The summed E-state index contributed by atoms with van der Waals surface area (Å²) in [5.41, 5.74) is -2.99. The molecule has 0 radical (unpaired) electrons. The maximum atomic E-state index is 15.2. The van der Waals surface area contributed by atoms with Crippen molar-refractivity contribution in [2.45, 2.75) is 89.9 Å². The number of hydrogen-bond acceptors (Lipinski definition) is 7. The predicted octanol–water partition coefficient (Wildman–Crippen LogP) is 4.57. The number of aromatic nitrogens is 1. The van der Waals surface area contributed by atoms with E-state index in [0.717, 1.165) is 12.3 Å². The second-order valence-corrected chi connectivity index (χ2v) is 13.3. The number of pyridine rings is 1. The van der Waals surface area contributed by atoms with Gasteiger partial charge in [-0.15, -0.1) is 0 Å². The summed E-state index contributed by atoms with van der Waals surface area (Å²) in [6, 6.07) is 0.511. The van der Waals surface area contributed by atoms with E-state index in [1.54, 1.807) is 48.5 Å². The third-order valence-electron chi connectivity index (χ3n) is 5.38. The van der Waals surface area contributed by atoms with Gasteiger partial charge in [0.1, 0.15) is 21.3 Å². The van der Waals surface area contributed by atoms with Gasteiger partial charge in [-0.05, 0) is 67.4 Å². The van der Waals surface area contributed by atoms with Gasteiger partial charge >= 0.3 is 12.1 Å². The second kappa shape index (κ2) is 9.60. The Morgan fingerprint density at radius 1 is 1.21 bits per heavy atom. The molecule has 1 aliphatic rings. The molecule has 34 heavy (non-hydrogen) atoms. The molecule has 1 saturated heterocycles. The summed E-state index contributed by atoms with van der Waals surface area (Å²) in [6.45, 7) is 12.4. The van der Waals surface area contributed by atoms with Crippen LogP contribution in [0.1, 0.15) is 67.0 Å². The van der Waals surface area contributed by atoms with Crippen molar-refractivity contribution in [3.05, 3.63) is 22.7 Å². The van der Waals surface area contributed by atoms with Gasteiger partial charge in [0.05, 0.1) is 11.1 Å². The SMILES string of the molecule is C[C@@H]1C[C@](Cc2nc(Cl)cc(S(C)(=O)=O)c2F)(C(=O)OC(C)(C)C)CCN1C(=O)OC(C)(C)C. The molecular formula is C23H34ClFN2O6S. The predicted molar refractivity (Wildman–Crippen MR) is 126 cm³/mol. The molecule has 11 heteroatoms. The standard InChI is InChI=1S/C23H34ClFN2O6S/c1-14-12-23(19(28)32-21(2,3)4,9-10-27(14)20(29)33-22(5,6)7)13-15-18(25)16(34(8,30)31)11-17(24)26-15/h11,14H,9-10,12-13H2,1-8H3/t14-,23-/m1/s1. The van der Waals surface area contributed by atoms with Crippen LogP contribution in [0.2, 0.25) is 5.15 Å². The van der Waals surface area contributed by atoms with Crippen LogP contribution in [-0.4, -0.2) is 60.4 Å². The minimum Gasteiger partial charge on any atom is -0.460 e. The molecule has 0 aromatic carbocycles. The maximum absolute atomic E-state index is 15.2. The second-order valence-electron chi connectivity index (χ2n) is 10.9. The van der Waals surface area contributed by atoms with Crippen LogP contribution in [0.4, 0.5) is 9.18 Å². The summed E-state index contributed by atoms with van der Waals surface area (Å²) in [5, 5.41) is -0.199. The van der Waals surface area contributed by atoms with Crippen LogP contribution >= 0.6 is 11.6 Å². The lowest BCUT2D eigenvalue weighted by Crippen LogP contribution is -2.54. The van der Waals surface area contributed by atoms with Crippen LogP contribution in [0.5, 0.6) is 0 Å². The van der Waals surface area contributed by atoms with E-state index in [2.05, 4.69) is 4.98 Å². The Bertz CT molecular complexity index is 1060. The average molecular weight is 521 g/mol. The zero-order valence-electron chi connectivity index (χ0n) is 21.0. The third-order valence-corrected chi connectivity index (χ3v) is 6.67. The van der Waals surface area contributed by atoms with Crippen LogP contribution in [0.3, 0.4) is 0 Å². The third kappa shape index (κ3) is 7.04. The number of nitrogens with zero attached hydrogens (tertiary/aromatic N) is 2. The van der Waals surface area contributed by atoms with Gasteiger partial charge in [0.25, 0.3) is 0 Å². The number of carbonyl (C=O) groups excluding carboxylic acids is 2. The van der Waals surface area contributed by atoms with Gasteiger partial charge in [0.15, 0.2) is 15.7 Å². The first-order chi connectivity index (χ1) is 15.2. The molecule has 192 valence electrons. The molecule has 2 atom stereocenters. The van der Waals surface area contributed by atoms with Crippen LogP contribution in [0, 0.1) is 11.2 Å². The molecule has 0 saturated carbocycles. The monoisotopic (exact) mass is 520 g/mol. The number of rotatable bonds is 4. The van der Waals surface area contributed by atoms with Crippen LogP contribution in [-0.2, 0) is 30.5 Å². The summed E-state index contributed by atoms with van der Waals surface area (Å²) in [7, 11) is -3.92. The lowest BCUT2D eigenvalue weighted by molar-refractivity contribution is -0.172. The van der Waals surface area contributed by atoms with Crippen molar-refractivity contribution in [3.8, 4) is 0 Å². The first kappa shape index (κ1) is 28.3. The lowest BCUT2D eigenvalue weighted by Gasteiger charge is -2.44. The lowest BCUT2D eigenvalue weighted by atomic mass is 9.72. The first-order valence-corrected chi connectivity index (χ1v) is 13.3. The highest BCUT2D eigenvalue weighted by Gasteiger charge is 2.49. The quantitative estimate of drug-likeness (QED) is 0.423. The Kier molecular flexibility index (Phi) is 7.99. The zero-order chi connectivity index (χ0) is 26.3. The summed E-state index contributed by atoms with van der Waals surface area (Å²) in [5.74, 6) is -1.62. The Labute approximate surface area is 206 Å². The van der Waals surface area contributed by atoms with Gasteiger partial charge in [-0.1, -0.05) is 11.6 Å². The number of piperidine rings is 1. The van der Waals surface area contributed by atoms with Crippen LogP contribution in [0.25, 0.3) is 0 Å². The molecule has 0 bridgehead atoms. The summed E-state index contributed by atoms with van der Waals surface area (Å²) in [6.07, 6.45) is 0.417. The first-order valence-electron chi connectivity index (χ1n) is 11.0. The van der Waals surface area contributed by atoms with E-state index in [-0.39, 0.29) is 36.7 Å². The smallest absolute Gasteiger partial charge is 0.410 e. The van der Waals surface area contributed by atoms with Gasteiger partial charge in [0.2, 0.25) is 0 Å². The summed E-state index contributed by atoms with van der Waals surface area (Å²) in [4.78, 5) is 31.0. The fourth-order valence-electron chi connectivity index (χ4n) is 3.96. The van der Waals surface area contributed by atoms with E-state index in [0.29, 0.717) is 0 Å².